The fraction of sp³-hybridized carbons (Fsp3) is 0.909. The molecule has 15 heavy (non-hydrogen) atoms. The predicted molar refractivity (Wildman–Crippen MR) is 57.1 cm³/mol. The van der Waals surface area contributed by atoms with Crippen LogP contribution in [0.1, 0.15) is 32.1 Å². The lowest BCUT2D eigenvalue weighted by Gasteiger charge is -2.31. The Morgan fingerprint density at radius 1 is 1.33 bits per heavy atom. The summed E-state index contributed by atoms with van der Waals surface area (Å²) in [5.74, 6) is 0.772. The van der Waals surface area contributed by atoms with Crippen molar-refractivity contribution in [3.05, 3.63) is 0 Å². The second kappa shape index (κ2) is 4.49. The van der Waals surface area contributed by atoms with E-state index in [1.54, 1.807) is 0 Å². The second-order valence-electron chi connectivity index (χ2n) is 5.01. The predicted octanol–water partition coefficient (Wildman–Crippen LogP) is 0.000900. The Balaban J connectivity index is 1.64. The Morgan fingerprint density at radius 2 is 2.07 bits per heavy atom. The van der Waals surface area contributed by atoms with Crippen molar-refractivity contribution < 1.29 is 9.90 Å². The van der Waals surface area contributed by atoms with Gasteiger partial charge in [-0.25, -0.2) is 0 Å². The van der Waals surface area contributed by atoms with Gasteiger partial charge in [-0.1, -0.05) is 0 Å². The Bertz CT molecular complexity index is 239. The van der Waals surface area contributed by atoms with Gasteiger partial charge in [0.05, 0.1) is 6.10 Å². The molecule has 0 bridgehead atoms. The van der Waals surface area contributed by atoms with Crippen molar-refractivity contribution in [2.75, 3.05) is 6.54 Å². The van der Waals surface area contributed by atoms with Gasteiger partial charge in [0.15, 0.2) is 0 Å². The molecule has 2 aliphatic rings. The molecule has 2 aliphatic carbocycles. The molecule has 4 heteroatoms. The van der Waals surface area contributed by atoms with Gasteiger partial charge >= 0.3 is 0 Å². The van der Waals surface area contributed by atoms with Crippen molar-refractivity contribution in [3.63, 3.8) is 0 Å². The minimum Gasteiger partial charge on any atom is -0.393 e. The van der Waals surface area contributed by atoms with Gasteiger partial charge in [0.1, 0.15) is 0 Å². The van der Waals surface area contributed by atoms with Crippen LogP contribution in [0.2, 0.25) is 0 Å². The zero-order valence-electron chi connectivity index (χ0n) is 8.98. The molecular weight excluding hydrogens is 192 g/mol. The number of nitrogens with two attached hydrogens (primary N) is 1. The maximum absolute atomic E-state index is 11.7. The van der Waals surface area contributed by atoms with Crippen molar-refractivity contribution in [3.8, 4) is 0 Å². The Morgan fingerprint density at radius 3 is 2.60 bits per heavy atom. The first kappa shape index (κ1) is 10.9. The third-order valence-corrected chi connectivity index (χ3v) is 3.62. The van der Waals surface area contributed by atoms with Crippen molar-refractivity contribution in [2.24, 2.45) is 17.6 Å². The van der Waals surface area contributed by atoms with Gasteiger partial charge in [0.25, 0.3) is 0 Å². The van der Waals surface area contributed by atoms with Crippen LogP contribution in [0.25, 0.3) is 0 Å². The van der Waals surface area contributed by atoms with E-state index < -0.39 is 0 Å². The molecule has 0 spiro atoms. The molecule has 0 aromatic heterocycles. The van der Waals surface area contributed by atoms with Gasteiger partial charge in [0, 0.05) is 18.5 Å². The lowest BCUT2D eigenvalue weighted by Crippen LogP contribution is -2.40. The third-order valence-electron chi connectivity index (χ3n) is 3.62. The summed E-state index contributed by atoms with van der Waals surface area (Å²) in [4.78, 5) is 11.7. The molecule has 2 unspecified atom stereocenters. The lowest BCUT2D eigenvalue weighted by molar-refractivity contribution is -0.125. The van der Waals surface area contributed by atoms with Gasteiger partial charge in [-0.05, 0) is 38.0 Å². The van der Waals surface area contributed by atoms with Crippen LogP contribution in [0.15, 0.2) is 0 Å². The number of amides is 1. The summed E-state index contributed by atoms with van der Waals surface area (Å²) >= 11 is 0. The van der Waals surface area contributed by atoms with Crippen molar-refractivity contribution in [2.45, 2.75) is 44.2 Å². The standard InChI is InChI=1S/C11H20N2O2/c12-9-2-1-8(5-9)11(15)13-6-7-3-10(14)4-7/h7-10,14H,1-6,12H2,(H,13,15). The molecule has 86 valence electrons. The van der Waals surface area contributed by atoms with Crippen LogP contribution in [0.3, 0.4) is 0 Å². The smallest absolute Gasteiger partial charge is 0.223 e. The number of hydrogen-bond acceptors (Lipinski definition) is 3. The molecule has 2 fully saturated rings. The Labute approximate surface area is 90.2 Å². The van der Waals surface area contributed by atoms with E-state index in [1.165, 1.54) is 0 Å². The number of carbonyl (C=O) groups excluding carboxylic acids is 1. The first-order chi connectivity index (χ1) is 7.15. The summed E-state index contributed by atoms with van der Waals surface area (Å²) in [7, 11) is 0. The van der Waals surface area contributed by atoms with E-state index in [-0.39, 0.29) is 24.0 Å². The molecule has 0 aliphatic heterocycles. The zero-order chi connectivity index (χ0) is 10.8. The summed E-state index contributed by atoms with van der Waals surface area (Å²) in [6.45, 7) is 0.724. The van der Waals surface area contributed by atoms with Crippen LogP contribution in [-0.4, -0.2) is 29.7 Å². The fourth-order valence-electron chi connectivity index (χ4n) is 2.51. The molecule has 1 amide bonds. The summed E-state index contributed by atoms with van der Waals surface area (Å²) in [6.07, 6.45) is 4.28. The van der Waals surface area contributed by atoms with Crippen LogP contribution >= 0.6 is 0 Å². The molecule has 0 saturated heterocycles. The highest BCUT2D eigenvalue weighted by Crippen LogP contribution is 2.27. The molecular formula is C11H20N2O2. The molecule has 0 aromatic carbocycles. The SMILES string of the molecule is NC1CCC(C(=O)NCC2CC(O)C2)C1. The average Bonchev–Trinajstić information content (AvgIpc) is 2.57. The van der Waals surface area contributed by atoms with Crippen LogP contribution in [-0.2, 0) is 4.79 Å². The largest absolute Gasteiger partial charge is 0.393 e. The van der Waals surface area contributed by atoms with E-state index in [2.05, 4.69) is 5.32 Å². The minimum atomic E-state index is -0.133. The number of rotatable bonds is 3. The summed E-state index contributed by atoms with van der Waals surface area (Å²) in [6, 6.07) is 0.214. The summed E-state index contributed by atoms with van der Waals surface area (Å²) in [5, 5.41) is 12.1. The molecule has 0 radical (unpaired) electrons. The maximum Gasteiger partial charge on any atom is 0.223 e. The maximum atomic E-state index is 11.7. The van der Waals surface area contributed by atoms with Crippen molar-refractivity contribution in [1.29, 1.82) is 0 Å². The van der Waals surface area contributed by atoms with Crippen LogP contribution in [0.5, 0.6) is 0 Å². The molecule has 4 nitrogen and oxygen atoms in total. The molecule has 4 N–H and O–H groups in total. The Kier molecular flexibility index (Phi) is 3.26. The first-order valence-electron chi connectivity index (χ1n) is 5.86. The summed E-state index contributed by atoms with van der Waals surface area (Å²) in [5.41, 5.74) is 5.76. The molecule has 2 saturated carbocycles. The summed E-state index contributed by atoms with van der Waals surface area (Å²) < 4.78 is 0. The van der Waals surface area contributed by atoms with Gasteiger partial charge in [-0.15, -0.1) is 0 Å². The molecule has 0 aromatic rings. The first-order valence-corrected chi connectivity index (χ1v) is 5.86. The van der Waals surface area contributed by atoms with E-state index in [1.807, 2.05) is 0 Å². The number of aliphatic hydroxyl groups is 1. The van der Waals surface area contributed by atoms with Crippen LogP contribution in [0, 0.1) is 11.8 Å². The van der Waals surface area contributed by atoms with E-state index in [0.29, 0.717) is 5.92 Å². The number of nitrogens with one attached hydrogen (secondary N) is 1. The topological polar surface area (TPSA) is 75.4 Å². The van der Waals surface area contributed by atoms with E-state index >= 15 is 0 Å². The second-order valence-corrected chi connectivity index (χ2v) is 5.01. The average molecular weight is 212 g/mol. The molecule has 0 heterocycles. The highest BCUT2D eigenvalue weighted by Gasteiger charge is 2.30. The highest BCUT2D eigenvalue weighted by molar-refractivity contribution is 5.79. The van der Waals surface area contributed by atoms with Crippen molar-refractivity contribution in [1.82, 2.24) is 5.32 Å². The van der Waals surface area contributed by atoms with Crippen LogP contribution < -0.4 is 11.1 Å². The lowest BCUT2D eigenvalue weighted by atomic mass is 9.82. The minimum absolute atomic E-state index is 0.130. The fourth-order valence-corrected chi connectivity index (χ4v) is 2.51. The van der Waals surface area contributed by atoms with E-state index in [9.17, 15) is 4.79 Å². The zero-order valence-corrected chi connectivity index (χ0v) is 8.98. The van der Waals surface area contributed by atoms with Gasteiger partial charge < -0.3 is 16.2 Å². The number of aliphatic hydroxyl groups excluding tert-OH is 1. The number of carbonyl (C=O) groups is 1. The van der Waals surface area contributed by atoms with Crippen LogP contribution in [0.4, 0.5) is 0 Å². The van der Waals surface area contributed by atoms with E-state index in [0.717, 1.165) is 38.6 Å². The van der Waals surface area contributed by atoms with Gasteiger partial charge in [-0.2, -0.15) is 0 Å². The highest BCUT2D eigenvalue weighted by atomic mass is 16.3. The monoisotopic (exact) mass is 212 g/mol. The van der Waals surface area contributed by atoms with Gasteiger partial charge in [0.2, 0.25) is 5.91 Å². The van der Waals surface area contributed by atoms with E-state index in [4.69, 9.17) is 10.8 Å². The third kappa shape index (κ3) is 2.69. The quantitative estimate of drug-likeness (QED) is 0.616. The molecule has 2 atom stereocenters. The Hall–Kier alpha value is -0.610. The molecule has 2 rings (SSSR count). The number of hydrogen-bond donors (Lipinski definition) is 3. The van der Waals surface area contributed by atoms with Crippen molar-refractivity contribution >= 4 is 5.91 Å². The van der Waals surface area contributed by atoms with Gasteiger partial charge in [-0.3, -0.25) is 4.79 Å². The normalized spacial score (nSPS) is 39.9.